The van der Waals surface area contributed by atoms with Crippen LogP contribution in [0.25, 0.3) is 0 Å². The molecule has 5 nitrogen and oxygen atoms in total. The summed E-state index contributed by atoms with van der Waals surface area (Å²) in [7, 11) is 0. The van der Waals surface area contributed by atoms with Crippen molar-refractivity contribution in [2.45, 2.75) is 32.6 Å². The van der Waals surface area contributed by atoms with Crippen molar-refractivity contribution in [3.63, 3.8) is 0 Å². The highest BCUT2D eigenvalue weighted by Gasteiger charge is 2.17. The Morgan fingerprint density at radius 1 is 0.895 bits per heavy atom. The number of carbonyl (C=O) groups excluding carboxylic acids is 2. The highest BCUT2D eigenvalue weighted by Crippen LogP contribution is 2.25. The number of halogens is 1. The Labute approximate surface area is 222 Å². The van der Waals surface area contributed by atoms with Gasteiger partial charge in [0.25, 0.3) is 0 Å². The number of carbonyl (C=O) groups is 2. The average molecular weight is 510 g/mol. The molecule has 5 rings (SSSR count). The molecule has 1 aromatic heterocycles. The van der Waals surface area contributed by atoms with E-state index in [4.69, 9.17) is 0 Å². The zero-order chi connectivity index (χ0) is 26.5. The Morgan fingerprint density at radius 2 is 1.58 bits per heavy atom. The fourth-order valence-corrected chi connectivity index (χ4v) is 4.83. The number of hydrogen-bond donors (Lipinski definition) is 2. The second-order valence-electron chi connectivity index (χ2n) is 10.1. The van der Waals surface area contributed by atoms with E-state index in [0.717, 1.165) is 30.3 Å². The minimum absolute atomic E-state index is 0.0695. The summed E-state index contributed by atoms with van der Waals surface area (Å²) >= 11 is 0. The van der Waals surface area contributed by atoms with Crippen LogP contribution in [0, 0.1) is 11.7 Å². The van der Waals surface area contributed by atoms with E-state index in [1.54, 1.807) is 30.5 Å². The number of H-pyrrole nitrogens is 1. The molecule has 0 saturated carbocycles. The zero-order valence-corrected chi connectivity index (χ0v) is 21.5. The Bertz CT molecular complexity index is 1390. The number of Topliss-reactive ketones (excluding diaryl/α,β-unsaturated/α-hetero) is 2. The minimum Gasteiger partial charge on any atom is -0.372 e. The molecule has 0 atom stereocenters. The van der Waals surface area contributed by atoms with Crippen LogP contribution >= 0.6 is 0 Å². The van der Waals surface area contributed by atoms with Gasteiger partial charge in [0.15, 0.2) is 11.6 Å². The molecule has 0 bridgehead atoms. The molecule has 4 aromatic rings. The molecule has 0 aliphatic carbocycles. The molecule has 0 amide bonds. The van der Waals surface area contributed by atoms with E-state index in [2.05, 4.69) is 22.1 Å². The van der Waals surface area contributed by atoms with Gasteiger partial charge in [-0.1, -0.05) is 25.1 Å². The van der Waals surface area contributed by atoms with Gasteiger partial charge in [-0.2, -0.15) is 0 Å². The quantitative estimate of drug-likeness (QED) is 0.239. The number of nitrogens with one attached hydrogen (secondary N) is 2. The SMILES string of the molecule is CC1CCN(c2ccc(C(=O)Cc3ccc(Nc4ccc(CC(=O)c5ccc[nH]5)cc4F)cc3)cc2)CC1. The third-order valence-electron chi connectivity index (χ3n) is 7.23. The van der Waals surface area contributed by atoms with Crippen molar-refractivity contribution in [1.82, 2.24) is 4.98 Å². The Kier molecular flexibility index (Phi) is 7.68. The van der Waals surface area contributed by atoms with E-state index in [0.29, 0.717) is 28.9 Å². The van der Waals surface area contributed by atoms with Crippen LogP contribution in [0.15, 0.2) is 85.1 Å². The van der Waals surface area contributed by atoms with Crippen molar-refractivity contribution in [3.8, 4) is 0 Å². The lowest BCUT2D eigenvalue weighted by Gasteiger charge is -2.32. The standard InChI is InChI=1S/C32H32FN3O2/c1-22-14-17-36(18-15-22)27-11-7-25(8-12-27)31(37)20-23-4-9-26(10-5-23)35-29-13-6-24(19-28(29)33)21-32(38)30-3-2-16-34-30/h2-13,16,19,22,34-35H,14-15,17-18,20-21H2,1H3. The van der Waals surface area contributed by atoms with Gasteiger partial charge in [-0.05, 0) is 90.6 Å². The van der Waals surface area contributed by atoms with Gasteiger partial charge in [0.2, 0.25) is 0 Å². The first-order chi connectivity index (χ1) is 18.4. The molecule has 194 valence electrons. The van der Waals surface area contributed by atoms with E-state index in [9.17, 15) is 14.0 Å². The number of hydrogen-bond acceptors (Lipinski definition) is 4. The third-order valence-corrected chi connectivity index (χ3v) is 7.23. The van der Waals surface area contributed by atoms with E-state index < -0.39 is 5.82 Å². The fraction of sp³-hybridized carbons (Fsp3) is 0.250. The van der Waals surface area contributed by atoms with Crippen molar-refractivity contribution in [2.75, 3.05) is 23.3 Å². The largest absolute Gasteiger partial charge is 0.372 e. The first-order valence-electron chi connectivity index (χ1n) is 13.1. The molecule has 1 aliphatic rings. The van der Waals surface area contributed by atoms with E-state index in [1.165, 1.54) is 24.6 Å². The summed E-state index contributed by atoms with van der Waals surface area (Å²) in [5, 5.41) is 3.08. The number of aromatic amines is 1. The molecule has 3 aromatic carbocycles. The molecule has 0 spiro atoms. The van der Waals surface area contributed by atoms with Gasteiger partial charge in [-0.3, -0.25) is 9.59 Å². The summed E-state index contributed by atoms with van der Waals surface area (Å²) in [5.74, 6) is 0.335. The van der Waals surface area contributed by atoms with Crippen molar-refractivity contribution in [2.24, 2.45) is 5.92 Å². The van der Waals surface area contributed by atoms with Crippen LogP contribution in [-0.4, -0.2) is 29.6 Å². The van der Waals surface area contributed by atoms with Crippen LogP contribution in [0.1, 0.15) is 51.7 Å². The smallest absolute Gasteiger partial charge is 0.183 e. The normalized spacial score (nSPS) is 13.9. The maximum absolute atomic E-state index is 14.7. The maximum Gasteiger partial charge on any atom is 0.183 e. The summed E-state index contributed by atoms with van der Waals surface area (Å²) < 4.78 is 14.7. The number of nitrogens with zero attached hydrogens (tertiary/aromatic N) is 1. The number of piperidine rings is 1. The number of aromatic nitrogens is 1. The van der Waals surface area contributed by atoms with Crippen molar-refractivity contribution < 1.29 is 14.0 Å². The Balaban J connectivity index is 1.16. The van der Waals surface area contributed by atoms with Gasteiger partial charge in [0.1, 0.15) is 5.82 Å². The predicted molar refractivity (Wildman–Crippen MR) is 150 cm³/mol. The van der Waals surface area contributed by atoms with Crippen molar-refractivity contribution in [1.29, 1.82) is 0 Å². The molecule has 0 radical (unpaired) electrons. The molecular formula is C32H32FN3O2. The second-order valence-corrected chi connectivity index (χ2v) is 10.1. The Hall–Kier alpha value is -4.19. The molecule has 6 heteroatoms. The van der Waals surface area contributed by atoms with Crippen LogP contribution in [0.2, 0.25) is 0 Å². The predicted octanol–water partition coefficient (Wildman–Crippen LogP) is 6.98. The molecule has 1 saturated heterocycles. The third kappa shape index (κ3) is 6.20. The molecule has 2 heterocycles. The van der Waals surface area contributed by atoms with Crippen LogP contribution < -0.4 is 10.2 Å². The summed E-state index contributed by atoms with van der Waals surface area (Å²) in [6, 6.07) is 23.6. The van der Waals surface area contributed by atoms with Crippen molar-refractivity contribution in [3.05, 3.63) is 113 Å². The molecule has 38 heavy (non-hydrogen) atoms. The van der Waals surface area contributed by atoms with Gasteiger partial charge in [0, 0.05) is 49.1 Å². The number of ketones is 2. The minimum atomic E-state index is -0.427. The topological polar surface area (TPSA) is 65.2 Å². The number of anilines is 3. The first-order valence-corrected chi connectivity index (χ1v) is 13.1. The van der Waals surface area contributed by atoms with Crippen LogP contribution in [-0.2, 0) is 12.8 Å². The first kappa shape index (κ1) is 25.5. The fourth-order valence-electron chi connectivity index (χ4n) is 4.83. The second kappa shape index (κ2) is 11.5. The van der Waals surface area contributed by atoms with Gasteiger partial charge in [-0.25, -0.2) is 4.39 Å². The molecule has 0 unspecified atom stereocenters. The highest BCUT2D eigenvalue weighted by molar-refractivity contribution is 5.98. The van der Waals surface area contributed by atoms with Crippen LogP contribution in [0.4, 0.5) is 21.5 Å². The van der Waals surface area contributed by atoms with Gasteiger partial charge in [-0.15, -0.1) is 0 Å². The van der Waals surface area contributed by atoms with Gasteiger partial charge in [0.05, 0.1) is 11.4 Å². The summed E-state index contributed by atoms with van der Waals surface area (Å²) in [6.07, 6.45) is 4.54. The average Bonchev–Trinajstić information content (AvgIpc) is 3.47. The monoisotopic (exact) mass is 509 g/mol. The maximum atomic E-state index is 14.7. The molecule has 2 N–H and O–H groups in total. The van der Waals surface area contributed by atoms with E-state index >= 15 is 0 Å². The van der Waals surface area contributed by atoms with Crippen LogP contribution in [0.3, 0.4) is 0 Å². The summed E-state index contributed by atoms with van der Waals surface area (Å²) in [6.45, 7) is 4.43. The van der Waals surface area contributed by atoms with E-state index in [-0.39, 0.29) is 18.0 Å². The van der Waals surface area contributed by atoms with Crippen molar-refractivity contribution >= 4 is 28.6 Å². The lowest BCUT2D eigenvalue weighted by molar-refractivity contribution is 0.0982. The van der Waals surface area contributed by atoms with Crippen LogP contribution in [0.5, 0.6) is 0 Å². The van der Waals surface area contributed by atoms with E-state index in [1.807, 2.05) is 48.5 Å². The summed E-state index contributed by atoms with van der Waals surface area (Å²) in [4.78, 5) is 30.4. The molecular weight excluding hydrogens is 477 g/mol. The highest BCUT2D eigenvalue weighted by atomic mass is 19.1. The lowest BCUT2D eigenvalue weighted by atomic mass is 9.98. The number of benzene rings is 3. The number of rotatable bonds is 9. The van der Waals surface area contributed by atoms with Gasteiger partial charge >= 0.3 is 0 Å². The van der Waals surface area contributed by atoms with Gasteiger partial charge < -0.3 is 15.2 Å². The molecule has 1 aliphatic heterocycles. The zero-order valence-electron chi connectivity index (χ0n) is 21.5. The summed E-state index contributed by atoms with van der Waals surface area (Å²) in [5.41, 5.74) is 4.95. The lowest BCUT2D eigenvalue weighted by Crippen LogP contribution is -2.32. The Morgan fingerprint density at radius 3 is 2.24 bits per heavy atom. The molecule has 1 fully saturated rings.